The number of hydrogen-bond acceptors (Lipinski definition) is 2. The Kier molecular flexibility index (Phi) is 9.96. The van der Waals surface area contributed by atoms with Crippen LogP contribution >= 0.6 is 0 Å². The van der Waals surface area contributed by atoms with Crippen molar-refractivity contribution in [3.8, 4) is 11.1 Å². The Balaban J connectivity index is 1.76. The molecule has 0 radical (unpaired) electrons. The fourth-order valence-corrected chi connectivity index (χ4v) is 4.69. The van der Waals surface area contributed by atoms with E-state index in [4.69, 9.17) is 4.74 Å². The van der Waals surface area contributed by atoms with E-state index in [-0.39, 0.29) is 0 Å². The van der Waals surface area contributed by atoms with Crippen LogP contribution in [0.5, 0.6) is 0 Å². The number of hydrogen-bond donors (Lipinski definition) is 1. The number of ether oxygens (including phenoxy) is 1. The molecule has 2 aromatic rings. The summed E-state index contributed by atoms with van der Waals surface area (Å²) in [5.41, 5.74) is 3.94. The minimum Gasteiger partial charge on any atom is -0.386 e. The zero-order valence-electron chi connectivity index (χ0n) is 20.8. The maximum absolute atomic E-state index is 11.4. The molecular formula is C31H42O2. The monoisotopic (exact) mass is 446 g/mol. The molecule has 0 saturated heterocycles. The van der Waals surface area contributed by atoms with Crippen molar-refractivity contribution in [1.82, 2.24) is 0 Å². The first-order valence-electron chi connectivity index (χ1n) is 13.0. The van der Waals surface area contributed by atoms with Crippen LogP contribution in [-0.2, 0) is 4.74 Å². The van der Waals surface area contributed by atoms with Crippen LogP contribution in [-0.4, -0.2) is 23.4 Å². The fraction of sp³-hybridized carbons (Fsp3) is 0.484. The highest BCUT2D eigenvalue weighted by Gasteiger charge is 2.39. The SMILES string of the molecule is CCCCCCCCOC1(CC(C)CC)C=CC(c2ccccc2-c2ccccc2)=CC1O. The molecular weight excluding hydrogens is 404 g/mol. The van der Waals surface area contributed by atoms with Gasteiger partial charge in [0.2, 0.25) is 0 Å². The normalized spacial score (nSPS) is 21.1. The standard InChI is InChI=1S/C31H42O2/c1-4-6-7-8-9-15-22-33-31(24-25(3)5-2)21-20-27(23-30(31)32)29-19-14-13-18-28(29)26-16-11-10-12-17-26/h10-14,16-21,23,25,30,32H,4-9,15,22,24H2,1-3H3. The van der Waals surface area contributed by atoms with Gasteiger partial charge >= 0.3 is 0 Å². The van der Waals surface area contributed by atoms with E-state index in [2.05, 4.69) is 81.5 Å². The summed E-state index contributed by atoms with van der Waals surface area (Å²) in [6, 6.07) is 18.9. The summed E-state index contributed by atoms with van der Waals surface area (Å²) in [7, 11) is 0. The number of unbranched alkanes of at least 4 members (excludes halogenated alkanes) is 5. The van der Waals surface area contributed by atoms with Crippen molar-refractivity contribution in [2.24, 2.45) is 5.92 Å². The second-order valence-electron chi connectivity index (χ2n) is 9.60. The first kappa shape index (κ1) is 25.5. The minimum absolute atomic E-state index is 0.486. The molecule has 2 aromatic carbocycles. The quantitative estimate of drug-likeness (QED) is 0.314. The highest BCUT2D eigenvalue weighted by molar-refractivity contribution is 5.86. The Morgan fingerprint density at radius 3 is 2.24 bits per heavy atom. The molecule has 0 aliphatic heterocycles. The molecule has 0 fully saturated rings. The van der Waals surface area contributed by atoms with E-state index >= 15 is 0 Å². The van der Waals surface area contributed by atoms with Crippen LogP contribution in [0.4, 0.5) is 0 Å². The van der Waals surface area contributed by atoms with Gasteiger partial charge in [-0.25, -0.2) is 0 Å². The van der Waals surface area contributed by atoms with Gasteiger partial charge < -0.3 is 9.84 Å². The van der Waals surface area contributed by atoms with Gasteiger partial charge in [-0.05, 0) is 53.2 Å². The predicted octanol–water partition coefficient (Wildman–Crippen LogP) is 8.22. The molecule has 2 heteroatoms. The summed E-state index contributed by atoms with van der Waals surface area (Å²) >= 11 is 0. The van der Waals surface area contributed by atoms with Crippen molar-refractivity contribution in [3.63, 3.8) is 0 Å². The van der Waals surface area contributed by atoms with Crippen LogP contribution in [0.1, 0.15) is 77.7 Å². The first-order valence-corrected chi connectivity index (χ1v) is 13.0. The van der Waals surface area contributed by atoms with Gasteiger partial charge in [0.05, 0.1) is 0 Å². The van der Waals surface area contributed by atoms with Gasteiger partial charge in [0.1, 0.15) is 11.7 Å². The molecule has 1 aliphatic rings. The third-order valence-electron chi connectivity index (χ3n) is 6.94. The number of rotatable bonds is 13. The largest absolute Gasteiger partial charge is 0.386 e. The van der Waals surface area contributed by atoms with E-state index in [0.29, 0.717) is 12.5 Å². The maximum atomic E-state index is 11.4. The van der Waals surface area contributed by atoms with Gasteiger partial charge in [0.25, 0.3) is 0 Å². The average Bonchev–Trinajstić information content (AvgIpc) is 2.85. The molecule has 0 saturated carbocycles. The Hall–Kier alpha value is -2.16. The van der Waals surface area contributed by atoms with Crippen molar-refractivity contribution in [3.05, 3.63) is 78.4 Å². The van der Waals surface area contributed by atoms with Crippen molar-refractivity contribution in [2.75, 3.05) is 6.61 Å². The van der Waals surface area contributed by atoms with Crippen LogP contribution in [0, 0.1) is 5.92 Å². The molecule has 2 nitrogen and oxygen atoms in total. The van der Waals surface area contributed by atoms with Gasteiger partial charge in [0.15, 0.2) is 0 Å². The third-order valence-corrected chi connectivity index (χ3v) is 6.94. The summed E-state index contributed by atoms with van der Waals surface area (Å²) < 4.78 is 6.48. The molecule has 0 bridgehead atoms. The van der Waals surface area contributed by atoms with E-state index in [9.17, 15) is 5.11 Å². The molecule has 0 spiro atoms. The number of allylic oxidation sites excluding steroid dienone is 2. The number of benzene rings is 2. The van der Waals surface area contributed by atoms with Crippen LogP contribution in [0.3, 0.4) is 0 Å². The lowest BCUT2D eigenvalue weighted by Gasteiger charge is -2.39. The van der Waals surface area contributed by atoms with Gasteiger partial charge in [0, 0.05) is 6.61 Å². The summed E-state index contributed by atoms with van der Waals surface area (Å²) in [4.78, 5) is 0. The van der Waals surface area contributed by atoms with E-state index in [0.717, 1.165) is 30.4 Å². The van der Waals surface area contributed by atoms with Crippen molar-refractivity contribution in [2.45, 2.75) is 83.8 Å². The van der Waals surface area contributed by atoms with Crippen molar-refractivity contribution < 1.29 is 9.84 Å². The maximum Gasteiger partial charge on any atom is 0.116 e. The molecule has 33 heavy (non-hydrogen) atoms. The van der Waals surface area contributed by atoms with Gasteiger partial charge in [-0.3, -0.25) is 0 Å². The molecule has 1 N–H and O–H groups in total. The average molecular weight is 447 g/mol. The summed E-state index contributed by atoms with van der Waals surface area (Å²) in [5, 5.41) is 11.4. The molecule has 3 rings (SSSR count). The number of aliphatic hydroxyl groups is 1. The Bertz CT molecular complexity index is 898. The van der Waals surface area contributed by atoms with Crippen LogP contribution in [0.15, 0.2) is 72.8 Å². The van der Waals surface area contributed by atoms with E-state index in [1.165, 1.54) is 43.2 Å². The molecule has 3 atom stereocenters. The van der Waals surface area contributed by atoms with Gasteiger partial charge in [-0.15, -0.1) is 0 Å². The Morgan fingerprint density at radius 2 is 1.55 bits per heavy atom. The lowest BCUT2D eigenvalue weighted by Crippen LogP contribution is -2.45. The van der Waals surface area contributed by atoms with E-state index in [1.54, 1.807) is 0 Å². The summed E-state index contributed by atoms with van der Waals surface area (Å²) in [5.74, 6) is 0.486. The second-order valence-corrected chi connectivity index (χ2v) is 9.60. The highest BCUT2D eigenvalue weighted by atomic mass is 16.5. The van der Waals surface area contributed by atoms with Crippen molar-refractivity contribution in [1.29, 1.82) is 0 Å². The Morgan fingerprint density at radius 1 is 0.879 bits per heavy atom. The fourth-order valence-electron chi connectivity index (χ4n) is 4.69. The highest BCUT2D eigenvalue weighted by Crippen LogP contribution is 2.38. The summed E-state index contributed by atoms with van der Waals surface area (Å²) in [6.45, 7) is 7.41. The van der Waals surface area contributed by atoms with Crippen LogP contribution in [0.2, 0.25) is 0 Å². The van der Waals surface area contributed by atoms with Gasteiger partial charge in [-0.2, -0.15) is 0 Å². The first-order chi connectivity index (χ1) is 16.1. The van der Waals surface area contributed by atoms with Crippen LogP contribution < -0.4 is 0 Å². The lowest BCUT2D eigenvalue weighted by atomic mass is 9.79. The smallest absolute Gasteiger partial charge is 0.116 e. The molecule has 178 valence electrons. The minimum atomic E-state index is -0.657. The van der Waals surface area contributed by atoms with Gasteiger partial charge in [-0.1, -0.05) is 120 Å². The van der Waals surface area contributed by atoms with Crippen LogP contribution in [0.25, 0.3) is 16.7 Å². The predicted molar refractivity (Wildman–Crippen MR) is 141 cm³/mol. The molecule has 3 unspecified atom stereocenters. The summed E-state index contributed by atoms with van der Waals surface area (Å²) in [6.07, 6.45) is 15.0. The zero-order valence-corrected chi connectivity index (χ0v) is 20.8. The number of aliphatic hydroxyl groups excluding tert-OH is 1. The Labute approximate surface area is 201 Å². The molecule has 0 aromatic heterocycles. The van der Waals surface area contributed by atoms with Crippen molar-refractivity contribution >= 4 is 5.57 Å². The molecule has 0 amide bonds. The van der Waals surface area contributed by atoms with E-state index < -0.39 is 11.7 Å². The molecule has 1 aliphatic carbocycles. The lowest BCUT2D eigenvalue weighted by molar-refractivity contribution is -0.0880. The zero-order chi connectivity index (χ0) is 23.5. The topological polar surface area (TPSA) is 29.5 Å². The second kappa shape index (κ2) is 12.9. The molecule has 0 heterocycles. The third kappa shape index (κ3) is 6.91. The van der Waals surface area contributed by atoms with E-state index in [1.807, 2.05) is 12.1 Å².